The van der Waals surface area contributed by atoms with E-state index in [-0.39, 0.29) is 12.3 Å². The summed E-state index contributed by atoms with van der Waals surface area (Å²) in [4.78, 5) is 17.6. The Kier molecular flexibility index (Phi) is 11.6. The van der Waals surface area contributed by atoms with Crippen molar-refractivity contribution >= 4 is 23.3 Å². The normalized spacial score (nSPS) is 13.1. The minimum atomic E-state index is -0.713. The zero-order valence-electron chi connectivity index (χ0n) is 29.6. The molecule has 0 atom stereocenters. The molecule has 1 saturated heterocycles. The Morgan fingerprint density at radius 2 is 1.55 bits per heavy atom. The molecule has 1 aromatic heterocycles. The summed E-state index contributed by atoms with van der Waals surface area (Å²) < 4.78 is 12.6. The highest BCUT2D eigenvalue weighted by atomic mass is 35.5. The third kappa shape index (κ3) is 8.71. The standard InChI is InChI=1S/C42H45ClN4O4/c1-27-33(26-51-41-18-40(34(20-44-3)17-39(41)43)50-25-30-15-35(45-4)21-46-19-30)7-5-9-37(27)38-10-6-8-36(28(38)2)32-13-11-29(12-14-32)22-47-23-31(24-47)16-42(48)49/h5-15,17-19,21,31,44-45H,16,20,22-26H2,1-4H3,(H,48,49). The summed E-state index contributed by atoms with van der Waals surface area (Å²) in [5.41, 5.74) is 12.2. The molecule has 0 saturated carbocycles. The van der Waals surface area contributed by atoms with E-state index in [4.69, 9.17) is 26.2 Å². The second-order valence-corrected chi connectivity index (χ2v) is 13.7. The van der Waals surface area contributed by atoms with Crippen molar-refractivity contribution in [1.29, 1.82) is 0 Å². The Balaban J connectivity index is 1.16. The predicted molar refractivity (Wildman–Crippen MR) is 204 cm³/mol. The Bertz CT molecular complexity index is 1990. The molecule has 0 radical (unpaired) electrons. The number of aliphatic carboxylic acids is 1. The number of anilines is 1. The smallest absolute Gasteiger partial charge is 0.303 e. The number of hydrogen-bond acceptors (Lipinski definition) is 7. The second kappa shape index (κ2) is 16.4. The number of likely N-dealkylation sites (tertiary alicyclic amines) is 1. The van der Waals surface area contributed by atoms with Crippen LogP contribution in [0.4, 0.5) is 5.69 Å². The topological polar surface area (TPSA) is 96.0 Å². The van der Waals surface area contributed by atoms with Gasteiger partial charge >= 0.3 is 5.97 Å². The molecule has 6 rings (SSSR count). The van der Waals surface area contributed by atoms with Crippen LogP contribution in [0.2, 0.25) is 5.02 Å². The van der Waals surface area contributed by atoms with Gasteiger partial charge in [0.15, 0.2) is 0 Å². The van der Waals surface area contributed by atoms with E-state index in [1.54, 1.807) is 12.4 Å². The first-order chi connectivity index (χ1) is 24.7. The lowest BCUT2D eigenvalue weighted by atomic mass is 9.89. The van der Waals surface area contributed by atoms with Crippen LogP contribution in [0.3, 0.4) is 0 Å². The van der Waals surface area contributed by atoms with Crippen LogP contribution in [-0.4, -0.2) is 48.1 Å². The summed E-state index contributed by atoms with van der Waals surface area (Å²) in [6.07, 6.45) is 3.82. The molecular weight excluding hydrogens is 660 g/mol. The van der Waals surface area contributed by atoms with Gasteiger partial charge in [-0.2, -0.15) is 0 Å². The fraction of sp³-hybridized carbons (Fsp3) is 0.286. The molecule has 3 N–H and O–H groups in total. The number of carbonyl (C=O) groups is 1. The minimum Gasteiger partial charge on any atom is -0.488 e. The summed E-state index contributed by atoms with van der Waals surface area (Å²) in [7, 11) is 3.76. The Morgan fingerprint density at radius 3 is 2.27 bits per heavy atom. The molecular formula is C42H45ClN4O4. The lowest BCUT2D eigenvalue weighted by molar-refractivity contribution is -0.139. The molecule has 1 fully saturated rings. The second-order valence-electron chi connectivity index (χ2n) is 13.3. The largest absolute Gasteiger partial charge is 0.488 e. The van der Waals surface area contributed by atoms with Gasteiger partial charge in [-0.05, 0) is 83.5 Å². The maximum atomic E-state index is 11.0. The van der Waals surface area contributed by atoms with Crippen molar-refractivity contribution in [3.63, 3.8) is 0 Å². The van der Waals surface area contributed by atoms with E-state index >= 15 is 0 Å². The van der Waals surface area contributed by atoms with Crippen LogP contribution >= 0.6 is 11.6 Å². The highest BCUT2D eigenvalue weighted by molar-refractivity contribution is 6.32. The Morgan fingerprint density at radius 1 is 0.843 bits per heavy atom. The fourth-order valence-corrected chi connectivity index (χ4v) is 7.01. The molecule has 51 heavy (non-hydrogen) atoms. The first kappa shape index (κ1) is 35.9. The van der Waals surface area contributed by atoms with Crippen LogP contribution in [0, 0.1) is 19.8 Å². The van der Waals surface area contributed by atoms with Crippen LogP contribution in [0.5, 0.6) is 11.5 Å². The van der Waals surface area contributed by atoms with Gasteiger partial charge in [-0.3, -0.25) is 14.7 Å². The van der Waals surface area contributed by atoms with Crippen LogP contribution in [0.15, 0.2) is 91.3 Å². The highest BCUT2D eigenvalue weighted by Gasteiger charge is 2.28. The van der Waals surface area contributed by atoms with Crippen LogP contribution in [0.1, 0.15) is 39.8 Å². The third-order valence-corrected chi connectivity index (χ3v) is 9.88. The van der Waals surface area contributed by atoms with Gasteiger partial charge in [0.05, 0.1) is 17.1 Å². The van der Waals surface area contributed by atoms with E-state index in [0.29, 0.717) is 36.3 Å². The number of hydrogen-bond donors (Lipinski definition) is 3. The molecule has 2 heterocycles. The number of carboxylic acids is 1. The number of aromatic nitrogens is 1. The average molecular weight is 705 g/mol. The number of ether oxygens (including phenoxy) is 2. The SMILES string of the molecule is CNCc1cc(Cl)c(OCc2cccc(-c3cccc(-c4ccc(CN5CC(CC(=O)O)C5)cc4)c3C)c2C)cc1OCc1cncc(NC)c1. The number of carboxylic acid groups (broad SMARTS) is 1. The van der Waals surface area contributed by atoms with Gasteiger partial charge in [0.2, 0.25) is 0 Å². The van der Waals surface area contributed by atoms with Gasteiger partial charge in [-0.15, -0.1) is 0 Å². The molecule has 0 unspecified atom stereocenters. The van der Waals surface area contributed by atoms with E-state index in [0.717, 1.165) is 53.1 Å². The van der Waals surface area contributed by atoms with E-state index in [1.807, 2.05) is 32.3 Å². The van der Waals surface area contributed by atoms with Gasteiger partial charge in [-0.1, -0.05) is 72.3 Å². The molecule has 0 spiro atoms. The molecule has 9 heteroatoms. The van der Waals surface area contributed by atoms with Crippen molar-refractivity contribution in [1.82, 2.24) is 15.2 Å². The van der Waals surface area contributed by atoms with Crippen molar-refractivity contribution < 1.29 is 19.4 Å². The fourth-order valence-electron chi connectivity index (χ4n) is 6.77. The van der Waals surface area contributed by atoms with Crippen LogP contribution in [0.25, 0.3) is 22.3 Å². The van der Waals surface area contributed by atoms with Gasteiger partial charge in [-0.25, -0.2) is 0 Å². The molecule has 5 aromatic rings. The van der Waals surface area contributed by atoms with E-state index in [2.05, 4.69) is 95.0 Å². The molecule has 4 aromatic carbocycles. The van der Waals surface area contributed by atoms with Crippen molar-refractivity contribution in [3.05, 3.63) is 130 Å². The molecule has 1 aliphatic heterocycles. The van der Waals surface area contributed by atoms with E-state index < -0.39 is 5.97 Å². The van der Waals surface area contributed by atoms with Crippen molar-refractivity contribution in [3.8, 4) is 33.8 Å². The maximum absolute atomic E-state index is 11.0. The first-order valence-corrected chi connectivity index (χ1v) is 17.7. The van der Waals surface area contributed by atoms with E-state index in [1.165, 1.54) is 27.8 Å². The number of halogens is 1. The van der Waals surface area contributed by atoms with E-state index in [9.17, 15) is 4.79 Å². The number of benzene rings is 4. The van der Waals surface area contributed by atoms with Crippen LogP contribution in [-0.2, 0) is 31.1 Å². The van der Waals surface area contributed by atoms with Crippen molar-refractivity contribution in [2.24, 2.45) is 5.92 Å². The molecule has 1 aliphatic rings. The molecule has 0 aliphatic carbocycles. The van der Waals surface area contributed by atoms with Gasteiger partial charge < -0.3 is 25.2 Å². The zero-order chi connectivity index (χ0) is 35.9. The van der Waals surface area contributed by atoms with Crippen LogP contribution < -0.4 is 20.1 Å². The summed E-state index contributed by atoms with van der Waals surface area (Å²) in [6, 6.07) is 27.4. The molecule has 8 nitrogen and oxygen atoms in total. The first-order valence-electron chi connectivity index (χ1n) is 17.3. The molecule has 0 amide bonds. The molecule has 264 valence electrons. The van der Waals surface area contributed by atoms with Gasteiger partial charge in [0, 0.05) is 62.8 Å². The summed E-state index contributed by atoms with van der Waals surface area (Å²) in [5.74, 6) is 0.815. The quantitative estimate of drug-likeness (QED) is 0.0999. The van der Waals surface area contributed by atoms with Crippen molar-refractivity contribution in [2.45, 2.75) is 46.6 Å². The lowest BCUT2D eigenvalue weighted by Crippen LogP contribution is -2.46. The number of pyridine rings is 1. The maximum Gasteiger partial charge on any atom is 0.303 e. The Hall–Kier alpha value is -4.89. The number of nitrogens with one attached hydrogen (secondary N) is 2. The minimum absolute atomic E-state index is 0.252. The van der Waals surface area contributed by atoms with Crippen molar-refractivity contribution in [2.75, 3.05) is 32.5 Å². The van der Waals surface area contributed by atoms with Gasteiger partial charge in [0.1, 0.15) is 24.7 Å². The molecule has 0 bridgehead atoms. The van der Waals surface area contributed by atoms with Gasteiger partial charge in [0.25, 0.3) is 0 Å². The highest BCUT2D eigenvalue weighted by Crippen LogP contribution is 2.37. The lowest BCUT2D eigenvalue weighted by Gasteiger charge is -2.38. The number of nitrogens with zero attached hydrogens (tertiary/aromatic N) is 2. The summed E-state index contributed by atoms with van der Waals surface area (Å²) in [6.45, 7) is 8.17. The number of rotatable bonds is 15. The summed E-state index contributed by atoms with van der Waals surface area (Å²) >= 11 is 6.74. The average Bonchev–Trinajstić information content (AvgIpc) is 3.11. The third-order valence-electron chi connectivity index (χ3n) is 9.58. The zero-order valence-corrected chi connectivity index (χ0v) is 30.4. The monoisotopic (exact) mass is 704 g/mol. The Labute approximate surface area is 305 Å². The predicted octanol–water partition coefficient (Wildman–Crippen LogP) is 8.51. The summed E-state index contributed by atoms with van der Waals surface area (Å²) in [5, 5.41) is 15.9.